The van der Waals surface area contributed by atoms with Crippen LogP contribution >= 0.6 is 0 Å². The van der Waals surface area contributed by atoms with Crippen LogP contribution in [0.1, 0.15) is 5.56 Å². The number of H-pyrrole nitrogens is 1. The number of aromatic nitrogens is 5. The van der Waals surface area contributed by atoms with Crippen molar-refractivity contribution in [2.24, 2.45) is 0 Å². The summed E-state index contributed by atoms with van der Waals surface area (Å²) >= 11 is 0. The van der Waals surface area contributed by atoms with E-state index in [1.54, 1.807) is 7.11 Å². The molecule has 1 N–H and O–H groups in total. The molecule has 2 heterocycles. The number of fused-ring (bicyclic) bond motifs is 1. The van der Waals surface area contributed by atoms with Crippen LogP contribution in [0.4, 0.5) is 0 Å². The Labute approximate surface area is 132 Å². The number of hydrogen-bond acceptors (Lipinski definition) is 4. The van der Waals surface area contributed by atoms with E-state index in [9.17, 15) is 0 Å². The Balaban J connectivity index is 1.70. The van der Waals surface area contributed by atoms with Crippen LogP contribution in [0.3, 0.4) is 0 Å². The lowest BCUT2D eigenvalue weighted by atomic mass is 10.1. The quantitative estimate of drug-likeness (QED) is 0.629. The van der Waals surface area contributed by atoms with Gasteiger partial charge in [-0.05, 0) is 45.6 Å². The third-order valence-corrected chi connectivity index (χ3v) is 3.90. The summed E-state index contributed by atoms with van der Waals surface area (Å²) < 4.78 is 7.42. The van der Waals surface area contributed by atoms with Crippen LogP contribution in [0.5, 0.6) is 5.75 Å². The fourth-order valence-electron chi connectivity index (χ4n) is 2.68. The van der Waals surface area contributed by atoms with Crippen molar-refractivity contribution in [3.63, 3.8) is 0 Å². The Morgan fingerprint density at radius 1 is 1.09 bits per heavy atom. The molecule has 6 nitrogen and oxygen atoms in total. The third-order valence-electron chi connectivity index (χ3n) is 3.90. The predicted octanol–water partition coefficient (Wildman–Crippen LogP) is 2.88. The van der Waals surface area contributed by atoms with Gasteiger partial charge in [-0.25, -0.2) is 5.10 Å². The maximum absolute atomic E-state index is 5.20. The van der Waals surface area contributed by atoms with Crippen LogP contribution in [0, 0.1) is 0 Å². The number of benzene rings is 2. The second kappa shape index (κ2) is 5.57. The molecule has 0 spiro atoms. The second-order valence-electron chi connectivity index (χ2n) is 5.32. The molecule has 4 rings (SSSR count). The van der Waals surface area contributed by atoms with Crippen molar-refractivity contribution in [1.82, 2.24) is 25.2 Å². The number of hydrogen-bond donors (Lipinski definition) is 1. The van der Waals surface area contributed by atoms with Gasteiger partial charge in [-0.1, -0.05) is 24.3 Å². The highest BCUT2D eigenvalue weighted by Gasteiger charge is 2.07. The molecule has 114 valence electrons. The van der Waals surface area contributed by atoms with E-state index in [1.165, 1.54) is 10.9 Å². The molecule has 0 aliphatic carbocycles. The number of nitrogens with zero attached hydrogens (tertiary/aromatic N) is 4. The van der Waals surface area contributed by atoms with E-state index in [-0.39, 0.29) is 0 Å². The average molecular weight is 305 g/mol. The first-order valence-corrected chi connectivity index (χ1v) is 7.29. The smallest absolute Gasteiger partial charge is 0.179 e. The van der Waals surface area contributed by atoms with Gasteiger partial charge in [0.2, 0.25) is 0 Å². The number of methoxy groups -OCH3 is 1. The van der Waals surface area contributed by atoms with E-state index in [2.05, 4.69) is 61.7 Å². The van der Waals surface area contributed by atoms with E-state index in [0.717, 1.165) is 23.4 Å². The highest BCUT2D eigenvalue weighted by Crippen LogP contribution is 2.23. The molecule has 0 amide bonds. The van der Waals surface area contributed by atoms with Crippen LogP contribution in [0.25, 0.3) is 22.3 Å². The van der Waals surface area contributed by atoms with E-state index in [1.807, 2.05) is 18.2 Å². The number of ether oxygens (including phenoxy) is 1. The molecule has 4 aromatic rings. The van der Waals surface area contributed by atoms with Gasteiger partial charge in [0, 0.05) is 23.8 Å². The van der Waals surface area contributed by atoms with Crippen molar-refractivity contribution in [2.75, 3.05) is 7.11 Å². The minimum Gasteiger partial charge on any atom is -0.497 e. The van der Waals surface area contributed by atoms with Crippen molar-refractivity contribution in [3.05, 3.63) is 60.3 Å². The van der Waals surface area contributed by atoms with Crippen LogP contribution in [0.2, 0.25) is 0 Å². The van der Waals surface area contributed by atoms with Crippen molar-refractivity contribution >= 4 is 10.9 Å². The van der Waals surface area contributed by atoms with E-state index >= 15 is 0 Å². The fraction of sp³-hybridized carbons (Fsp3) is 0.118. The van der Waals surface area contributed by atoms with Crippen molar-refractivity contribution in [1.29, 1.82) is 0 Å². The third kappa shape index (κ3) is 2.55. The van der Waals surface area contributed by atoms with Crippen LogP contribution < -0.4 is 4.74 Å². The Kier molecular flexibility index (Phi) is 3.27. The first-order valence-electron chi connectivity index (χ1n) is 7.29. The summed E-state index contributed by atoms with van der Waals surface area (Å²) in [6.45, 7) is 0.797. The van der Waals surface area contributed by atoms with Crippen molar-refractivity contribution in [2.45, 2.75) is 6.54 Å². The zero-order valence-electron chi connectivity index (χ0n) is 12.6. The number of nitrogens with one attached hydrogen (secondary N) is 1. The standard InChI is InChI=1S/C17H15N5O/c1-23-15-6-2-12(3-7-15)11-22-9-8-13-4-5-14(10-16(13)22)17-18-20-21-19-17/h2-10H,11H2,1H3,(H,18,19,20,21). The lowest BCUT2D eigenvalue weighted by Gasteiger charge is -2.07. The monoisotopic (exact) mass is 305 g/mol. The predicted molar refractivity (Wildman–Crippen MR) is 87.2 cm³/mol. The molecule has 0 unspecified atom stereocenters. The summed E-state index contributed by atoms with van der Waals surface area (Å²) in [5.41, 5.74) is 3.34. The molecule has 23 heavy (non-hydrogen) atoms. The molecule has 0 atom stereocenters. The van der Waals surface area contributed by atoms with Crippen molar-refractivity contribution in [3.8, 4) is 17.1 Å². The molecule has 2 aromatic heterocycles. The largest absolute Gasteiger partial charge is 0.497 e. The van der Waals surface area contributed by atoms with Gasteiger partial charge in [-0.2, -0.15) is 0 Å². The first-order chi connectivity index (χ1) is 11.3. The number of aromatic amines is 1. The van der Waals surface area contributed by atoms with Crippen LogP contribution in [-0.2, 0) is 6.54 Å². The Morgan fingerprint density at radius 3 is 2.70 bits per heavy atom. The molecule has 0 saturated heterocycles. The van der Waals surface area contributed by atoms with Gasteiger partial charge < -0.3 is 9.30 Å². The van der Waals surface area contributed by atoms with Crippen molar-refractivity contribution < 1.29 is 4.74 Å². The van der Waals surface area contributed by atoms with E-state index < -0.39 is 0 Å². The zero-order chi connectivity index (χ0) is 15.6. The van der Waals surface area contributed by atoms with Crippen LogP contribution in [0.15, 0.2) is 54.7 Å². The van der Waals surface area contributed by atoms with E-state index in [4.69, 9.17) is 4.74 Å². The maximum atomic E-state index is 5.20. The van der Waals surface area contributed by atoms with Gasteiger partial charge in [0.1, 0.15) is 5.75 Å². The second-order valence-corrected chi connectivity index (χ2v) is 5.32. The summed E-state index contributed by atoms with van der Waals surface area (Å²) in [4.78, 5) is 0. The molecule has 0 bridgehead atoms. The first kappa shape index (κ1) is 13.5. The van der Waals surface area contributed by atoms with Gasteiger partial charge in [-0.3, -0.25) is 0 Å². The molecule has 0 fully saturated rings. The topological polar surface area (TPSA) is 68.6 Å². The van der Waals surface area contributed by atoms with Gasteiger partial charge >= 0.3 is 0 Å². The summed E-state index contributed by atoms with van der Waals surface area (Å²) in [7, 11) is 1.67. The molecule has 0 aliphatic rings. The molecule has 0 saturated carbocycles. The Bertz CT molecular complexity index is 925. The summed E-state index contributed by atoms with van der Waals surface area (Å²) in [6.07, 6.45) is 2.09. The lowest BCUT2D eigenvalue weighted by Crippen LogP contribution is -1.98. The fourth-order valence-corrected chi connectivity index (χ4v) is 2.68. The minimum absolute atomic E-state index is 0.670. The summed E-state index contributed by atoms with van der Waals surface area (Å²) in [5, 5.41) is 15.2. The Morgan fingerprint density at radius 2 is 1.96 bits per heavy atom. The zero-order valence-corrected chi connectivity index (χ0v) is 12.6. The summed E-state index contributed by atoms with van der Waals surface area (Å²) in [5.74, 6) is 1.54. The molecule has 0 radical (unpaired) electrons. The SMILES string of the molecule is COc1ccc(Cn2ccc3ccc(-c4nnn[nH]4)cc32)cc1. The van der Waals surface area contributed by atoms with Gasteiger partial charge in [0.25, 0.3) is 0 Å². The average Bonchev–Trinajstić information content (AvgIpc) is 3.25. The van der Waals surface area contributed by atoms with Gasteiger partial charge in [0.15, 0.2) is 5.82 Å². The molecular weight excluding hydrogens is 290 g/mol. The highest BCUT2D eigenvalue weighted by molar-refractivity contribution is 5.84. The normalized spacial score (nSPS) is 11.0. The van der Waals surface area contributed by atoms with Crippen LogP contribution in [-0.4, -0.2) is 32.3 Å². The van der Waals surface area contributed by atoms with Gasteiger partial charge in [-0.15, -0.1) is 5.10 Å². The molecule has 2 aromatic carbocycles. The molecular formula is C17H15N5O. The minimum atomic E-state index is 0.670. The molecule has 6 heteroatoms. The highest BCUT2D eigenvalue weighted by atomic mass is 16.5. The van der Waals surface area contributed by atoms with E-state index in [0.29, 0.717) is 5.82 Å². The number of rotatable bonds is 4. The lowest BCUT2D eigenvalue weighted by molar-refractivity contribution is 0.414. The maximum Gasteiger partial charge on any atom is 0.179 e. The Hall–Kier alpha value is -3.15. The molecule has 0 aliphatic heterocycles. The summed E-state index contributed by atoms with van der Waals surface area (Å²) in [6, 6.07) is 16.4. The number of tetrazole rings is 1. The van der Waals surface area contributed by atoms with Gasteiger partial charge in [0.05, 0.1) is 7.11 Å².